The van der Waals surface area contributed by atoms with Gasteiger partial charge in [-0.1, -0.05) is 48.5 Å². The van der Waals surface area contributed by atoms with Gasteiger partial charge in [-0.15, -0.1) is 0 Å². The van der Waals surface area contributed by atoms with Crippen LogP contribution in [-0.4, -0.2) is 40.0 Å². The minimum atomic E-state index is -4.58. The largest absolute Gasteiger partial charge is 0.508 e. The first-order valence-corrected chi connectivity index (χ1v) is 11.0. The first-order valence-electron chi connectivity index (χ1n) is 11.0. The summed E-state index contributed by atoms with van der Waals surface area (Å²) < 4.78 is 41.1. The SMILES string of the molecule is O=C(Cc1cccc(C[C@H](NC[C@H](O)c2ccc(O)c(CO)c2)C(F)(F)F)c1)Nc1ccccc1. The number of halogens is 3. The van der Waals surface area contributed by atoms with Crippen LogP contribution in [0.25, 0.3) is 0 Å². The lowest BCUT2D eigenvalue weighted by Crippen LogP contribution is -2.45. The summed E-state index contributed by atoms with van der Waals surface area (Å²) in [6.45, 7) is -0.857. The standard InChI is InChI=1S/C26H27F3N2O4/c27-26(28,29)24(30-15-23(34)19-9-10-22(33)20(14-19)16-32)12-17-5-4-6-18(11-17)13-25(35)31-21-7-2-1-3-8-21/h1-11,14,23-24,30,32-34H,12-13,15-16H2,(H,31,35)/t23-,24-/m0/s1. The molecule has 0 unspecified atom stereocenters. The zero-order valence-corrected chi connectivity index (χ0v) is 18.8. The Morgan fingerprint density at radius 1 is 0.943 bits per heavy atom. The number of amides is 1. The number of nitrogens with one attached hydrogen (secondary N) is 2. The predicted octanol–water partition coefficient (Wildman–Crippen LogP) is 3.86. The Hall–Kier alpha value is -3.40. The molecule has 5 N–H and O–H groups in total. The lowest BCUT2D eigenvalue weighted by Gasteiger charge is -2.24. The van der Waals surface area contributed by atoms with E-state index >= 15 is 0 Å². The highest BCUT2D eigenvalue weighted by atomic mass is 19.4. The summed E-state index contributed by atoms with van der Waals surface area (Å²) in [6.07, 6.45) is -6.23. The van der Waals surface area contributed by atoms with Crippen LogP contribution in [0.5, 0.6) is 5.75 Å². The molecule has 0 heterocycles. The van der Waals surface area contributed by atoms with Gasteiger partial charge in [-0.3, -0.25) is 4.79 Å². The molecule has 3 aromatic carbocycles. The summed E-state index contributed by atoms with van der Waals surface area (Å²) in [5.41, 5.74) is 2.05. The summed E-state index contributed by atoms with van der Waals surface area (Å²) in [5, 5.41) is 34.3. The van der Waals surface area contributed by atoms with Crippen molar-refractivity contribution in [3.05, 3.63) is 95.1 Å². The van der Waals surface area contributed by atoms with Crippen LogP contribution in [0.3, 0.4) is 0 Å². The number of benzene rings is 3. The molecule has 0 aliphatic rings. The summed E-state index contributed by atoms with van der Waals surface area (Å²) in [6, 6.07) is 17.3. The van der Waals surface area contributed by atoms with Crippen molar-refractivity contribution >= 4 is 11.6 Å². The van der Waals surface area contributed by atoms with E-state index in [1.807, 2.05) is 6.07 Å². The van der Waals surface area contributed by atoms with Crippen molar-refractivity contribution in [2.24, 2.45) is 0 Å². The number of hydrogen-bond acceptors (Lipinski definition) is 5. The second-order valence-electron chi connectivity index (χ2n) is 8.18. The van der Waals surface area contributed by atoms with Gasteiger partial charge in [0, 0.05) is 17.8 Å². The van der Waals surface area contributed by atoms with E-state index in [4.69, 9.17) is 0 Å². The molecule has 9 heteroatoms. The third-order valence-electron chi connectivity index (χ3n) is 5.46. The maximum absolute atomic E-state index is 13.7. The number of hydrogen-bond donors (Lipinski definition) is 5. The van der Waals surface area contributed by atoms with Gasteiger partial charge in [0.25, 0.3) is 0 Å². The highest BCUT2D eigenvalue weighted by Gasteiger charge is 2.39. The Bertz CT molecular complexity index is 1120. The second kappa shape index (κ2) is 11.8. The molecule has 0 aliphatic heterocycles. The molecule has 0 fully saturated rings. The zero-order chi connectivity index (χ0) is 25.4. The van der Waals surface area contributed by atoms with Crippen LogP contribution in [0.15, 0.2) is 72.8 Å². The number of carbonyl (C=O) groups excluding carboxylic acids is 1. The van der Waals surface area contributed by atoms with Crippen LogP contribution in [0.4, 0.5) is 18.9 Å². The normalized spacial score (nSPS) is 13.3. The van der Waals surface area contributed by atoms with E-state index in [2.05, 4.69) is 10.6 Å². The first-order chi connectivity index (χ1) is 16.7. The van der Waals surface area contributed by atoms with Crippen LogP contribution in [0.2, 0.25) is 0 Å². The van der Waals surface area contributed by atoms with E-state index < -0.39 is 24.9 Å². The highest BCUT2D eigenvalue weighted by molar-refractivity contribution is 5.92. The van der Waals surface area contributed by atoms with Gasteiger partial charge >= 0.3 is 6.18 Å². The minimum Gasteiger partial charge on any atom is -0.508 e. The van der Waals surface area contributed by atoms with Gasteiger partial charge in [-0.05, 0) is 47.4 Å². The molecule has 0 radical (unpaired) electrons. The molecule has 2 atom stereocenters. The molecule has 35 heavy (non-hydrogen) atoms. The highest BCUT2D eigenvalue weighted by Crippen LogP contribution is 2.26. The molecule has 0 aliphatic carbocycles. The number of phenols is 1. The van der Waals surface area contributed by atoms with Crippen LogP contribution in [0, 0.1) is 0 Å². The molecule has 0 aromatic heterocycles. The van der Waals surface area contributed by atoms with Crippen molar-refractivity contribution < 1.29 is 33.3 Å². The fourth-order valence-electron chi connectivity index (χ4n) is 3.63. The predicted molar refractivity (Wildman–Crippen MR) is 126 cm³/mol. The third kappa shape index (κ3) is 7.81. The van der Waals surface area contributed by atoms with E-state index in [1.165, 1.54) is 18.2 Å². The van der Waals surface area contributed by atoms with Crippen molar-refractivity contribution in [2.75, 3.05) is 11.9 Å². The minimum absolute atomic E-state index is 0.0135. The summed E-state index contributed by atoms with van der Waals surface area (Å²) in [4.78, 5) is 12.3. The lowest BCUT2D eigenvalue weighted by molar-refractivity contribution is -0.156. The number of alkyl halides is 3. The van der Waals surface area contributed by atoms with Crippen molar-refractivity contribution in [1.29, 1.82) is 0 Å². The lowest BCUT2D eigenvalue weighted by atomic mass is 10.0. The summed E-state index contributed by atoms with van der Waals surface area (Å²) in [5.74, 6) is -0.444. The smallest absolute Gasteiger partial charge is 0.404 e. The fourth-order valence-corrected chi connectivity index (χ4v) is 3.63. The second-order valence-corrected chi connectivity index (χ2v) is 8.18. The first kappa shape index (κ1) is 26.2. The molecule has 0 saturated carbocycles. The zero-order valence-electron chi connectivity index (χ0n) is 18.8. The number of aliphatic hydroxyl groups excluding tert-OH is 2. The van der Waals surface area contributed by atoms with E-state index in [1.54, 1.807) is 48.5 Å². The number of aliphatic hydroxyl groups is 2. The van der Waals surface area contributed by atoms with Crippen molar-refractivity contribution in [3.63, 3.8) is 0 Å². The van der Waals surface area contributed by atoms with Crippen LogP contribution >= 0.6 is 0 Å². The molecular formula is C26H27F3N2O4. The van der Waals surface area contributed by atoms with Gasteiger partial charge in [0.05, 0.1) is 19.1 Å². The quantitative estimate of drug-likeness (QED) is 0.298. The summed E-state index contributed by atoms with van der Waals surface area (Å²) >= 11 is 0. The Morgan fingerprint density at radius 3 is 2.34 bits per heavy atom. The molecule has 0 saturated heterocycles. The van der Waals surface area contributed by atoms with Gasteiger partial charge in [-0.25, -0.2) is 0 Å². The molecule has 6 nitrogen and oxygen atoms in total. The molecule has 3 rings (SSSR count). The number of carbonyl (C=O) groups is 1. The number of para-hydroxylation sites is 1. The maximum Gasteiger partial charge on any atom is 0.404 e. The van der Waals surface area contributed by atoms with Crippen molar-refractivity contribution in [1.82, 2.24) is 5.32 Å². The number of anilines is 1. The number of aromatic hydroxyl groups is 1. The molecule has 186 valence electrons. The monoisotopic (exact) mass is 488 g/mol. The van der Waals surface area contributed by atoms with Gasteiger partial charge in [0.15, 0.2) is 0 Å². The molecule has 0 bridgehead atoms. The fraction of sp³-hybridized carbons (Fsp3) is 0.269. The summed E-state index contributed by atoms with van der Waals surface area (Å²) in [7, 11) is 0. The Morgan fingerprint density at radius 2 is 1.66 bits per heavy atom. The Kier molecular flexibility index (Phi) is 8.86. The van der Waals surface area contributed by atoms with E-state index in [0.717, 1.165) is 0 Å². The van der Waals surface area contributed by atoms with Crippen LogP contribution in [-0.2, 0) is 24.2 Å². The van der Waals surface area contributed by atoms with Crippen molar-refractivity contribution in [2.45, 2.75) is 37.8 Å². The maximum atomic E-state index is 13.7. The topological polar surface area (TPSA) is 102 Å². The third-order valence-corrected chi connectivity index (χ3v) is 5.46. The van der Waals surface area contributed by atoms with Crippen molar-refractivity contribution in [3.8, 4) is 5.75 Å². The molecule has 0 spiro atoms. The van der Waals surface area contributed by atoms with Crippen LogP contribution < -0.4 is 10.6 Å². The molecule has 3 aromatic rings. The van der Waals surface area contributed by atoms with Gasteiger partial charge in [-0.2, -0.15) is 13.2 Å². The Balaban J connectivity index is 1.63. The van der Waals surface area contributed by atoms with Gasteiger partial charge in [0.2, 0.25) is 5.91 Å². The molecule has 1 amide bonds. The van der Waals surface area contributed by atoms with Crippen LogP contribution in [0.1, 0.15) is 28.4 Å². The Labute approximate surface area is 201 Å². The number of rotatable bonds is 10. The van der Waals surface area contributed by atoms with E-state index in [9.17, 15) is 33.3 Å². The average molecular weight is 489 g/mol. The molecular weight excluding hydrogens is 461 g/mol. The van der Waals surface area contributed by atoms with Gasteiger partial charge in [0.1, 0.15) is 11.8 Å². The van der Waals surface area contributed by atoms with Gasteiger partial charge < -0.3 is 26.0 Å². The average Bonchev–Trinajstić information content (AvgIpc) is 2.82. The van der Waals surface area contributed by atoms with E-state index in [-0.39, 0.29) is 42.2 Å². The van der Waals surface area contributed by atoms with E-state index in [0.29, 0.717) is 16.8 Å².